The molecule has 0 aliphatic heterocycles. The summed E-state index contributed by atoms with van der Waals surface area (Å²) in [7, 11) is -3.82. The number of nitrogens with zero attached hydrogens (tertiary/aromatic N) is 2. The van der Waals surface area contributed by atoms with Crippen LogP contribution in [0, 0.1) is 0 Å². The van der Waals surface area contributed by atoms with Crippen LogP contribution < -0.4 is 9.62 Å². The molecule has 2 aromatic rings. The van der Waals surface area contributed by atoms with Gasteiger partial charge in [0, 0.05) is 17.1 Å². The van der Waals surface area contributed by atoms with Crippen molar-refractivity contribution in [2.24, 2.45) is 0 Å². The summed E-state index contributed by atoms with van der Waals surface area (Å²) >= 11 is 18.1. The van der Waals surface area contributed by atoms with Crippen LogP contribution in [0.1, 0.15) is 33.3 Å². The number of hydrogen-bond donors (Lipinski definition) is 1. The molecule has 0 radical (unpaired) electrons. The van der Waals surface area contributed by atoms with Crippen molar-refractivity contribution < 1.29 is 18.0 Å². The largest absolute Gasteiger partial charge is 0.350 e. The molecule has 0 aliphatic rings. The summed E-state index contributed by atoms with van der Waals surface area (Å²) in [5.41, 5.74) is 0.392. The van der Waals surface area contributed by atoms with Crippen molar-refractivity contribution in [3.8, 4) is 0 Å². The Bertz CT molecular complexity index is 1150. The van der Waals surface area contributed by atoms with E-state index in [9.17, 15) is 18.0 Å². The average Bonchev–Trinajstić information content (AvgIpc) is 2.71. The Hall–Kier alpha value is -2.00. The first-order valence-corrected chi connectivity index (χ1v) is 13.4. The van der Waals surface area contributed by atoms with E-state index in [-0.39, 0.29) is 18.1 Å². The number of benzene rings is 2. The summed E-state index contributed by atoms with van der Waals surface area (Å²) in [6.07, 6.45) is 1.01. The lowest BCUT2D eigenvalue weighted by Gasteiger charge is -2.33. The minimum absolute atomic E-state index is 0.0205. The SMILES string of the molecule is C[C@H](C(=O)NC(C)(C)C)N(Cc1ccc(Cl)c(Cl)c1)C(=O)CN(c1ccc(Cl)cc1)S(C)(=O)=O. The van der Waals surface area contributed by atoms with E-state index in [2.05, 4.69) is 5.32 Å². The summed E-state index contributed by atoms with van der Waals surface area (Å²) in [6, 6.07) is 10.1. The van der Waals surface area contributed by atoms with Crippen LogP contribution in [0.15, 0.2) is 42.5 Å². The molecule has 0 bridgehead atoms. The number of nitrogens with one attached hydrogen (secondary N) is 1. The Labute approximate surface area is 216 Å². The molecule has 0 heterocycles. The molecule has 11 heteroatoms. The molecule has 0 unspecified atom stereocenters. The third-order valence-corrected chi connectivity index (χ3v) is 6.93. The fourth-order valence-corrected chi connectivity index (χ4v) is 4.41. The first-order valence-electron chi connectivity index (χ1n) is 10.4. The quantitative estimate of drug-likeness (QED) is 0.516. The molecular weight excluding hydrogens is 521 g/mol. The minimum Gasteiger partial charge on any atom is -0.350 e. The highest BCUT2D eigenvalue weighted by molar-refractivity contribution is 7.92. The van der Waals surface area contributed by atoms with E-state index >= 15 is 0 Å². The molecule has 0 saturated carbocycles. The highest BCUT2D eigenvalue weighted by atomic mass is 35.5. The molecule has 0 aliphatic carbocycles. The molecule has 0 aromatic heterocycles. The number of carbonyl (C=O) groups excluding carboxylic acids is 2. The third-order valence-electron chi connectivity index (χ3n) is 4.80. The van der Waals surface area contributed by atoms with Gasteiger partial charge in [0.25, 0.3) is 0 Å². The van der Waals surface area contributed by atoms with Crippen LogP contribution in [0.25, 0.3) is 0 Å². The predicted octanol–water partition coefficient (Wildman–Crippen LogP) is 4.74. The maximum absolute atomic E-state index is 13.5. The Kier molecular flexibility index (Phi) is 9.27. The molecule has 0 spiro atoms. The second-order valence-corrected chi connectivity index (χ2v) is 12.1. The van der Waals surface area contributed by atoms with E-state index in [1.54, 1.807) is 25.1 Å². The van der Waals surface area contributed by atoms with Gasteiger partial charge in [0.15, 0.2) is 0 Å². The van der Waals surface area contributed by atoms with Gasteiger partial charge in [0.2, 0.25) is 21.8 Å². The van der Waals surface area contributed by atoms with Gasteiger partial charge in [-0.25, -0.2) is 8.42 Å². The average molecular weight is 549 g/mol. The number of amides is 2. The van der Waals surface area contributed by atoms with E-state index in [1.807, 2.05) is 20.8 Å². The Morgan fingerprint density at radius 2 is 1.59 bits per heavy atom. The van der Waals surface area contributed by atoms with Crippen LogP contribution in [0.4, 0.5) is 5.69 Å². The monoisotopic (exact) mass is 547 g/mol. The normalized spacial score (nSPS) is 12.7. The first-order chi connectivity index (χ1) is 15.6. The molecule has 0 fully saturated rings. The van der Waals surface area contributed by atoms with E-state index in [0.29, 0.717) is 20.6 Å². The molecule has 186 valence electrons. The van der Waals surface area contributed by atoms with Crippen LogP contribution in [0.3, 0.4) is 0 Å². The smallest absolute Gasteiger partial charge is 0.244 e. The van der Waals surface area contributed by atoms with E-state index in [1.165, 1.54) is 29.2 Å². The standard InChI is InChI=1S/C23H28Cl3N3O4S/c1-15(22(31)27-23(2,3)4)28(13-16-6-11-19(25)20(26)12-16)21(30)14-29(34(5,32)33)18-9-7-17(24)8-10-18/h6-12,15H,13-14H2,1-5H3,(H,27,31)/t15-/m1/s1. The fraction of sp³-hybridized carbons (Fsp3) is 0.391. The van der Waals surface area contributed by atoms with Gasteiger partial charge >= 0.3 is 0 Å². The Morgan fingerprint density at radius 3 is 2.09 bits per heavy atom. The minimum atomic E-state index is -3.82. The summed E-state index contributed by atoms with van der Waals surface area (Å²) < 4.78 is 26.0. The third kappa shape index (κ3) is 8.05. The number of sulfonamides is 1. The molecule has 0 saturated heterocycles. The molecule has 1 N–H and O–H groups in total. The van der Waals surface area contributed by atoms with E-state index in [0.717, 1.165) is 10.6 Å². The van der Waals surface area contributed by atoms with Crippen LogP contribution >= 0.6 is 34.8 Å². The lowest BCUT2D eigenvalue weighted by Crippen LogP contribution is -2.54. The van der Waals surface area contributed by atoms with Crippen molar-refractivity contribution in [1.29, 1.82) is 0 Å². The van der Waals surface area contributed by atoms with Gasteiger partial charge in [-0.1, -0.05) is 40.9 Å². The Morgan fingerprint density at radius 1 is 1.00 bits per heavy atom. The number of hydrogen-bond acceptors (Lipinski definition) is 4. The van der Waals surface area contributed by atoms with E-state index in [4.69, 9.17) is 34.8 Å². The lowest BCUT2D eigenvalue weighted by atomic mass is 10.1. The van der Waals surface area contributed by atoms with Crippen LogP contribution in [0.5, 0.6) is 0 Å². The topological polar surface area (TPSA) is 86.8 Å². The van der Waals surface area contributed by atoms with Crippen molar-refractivity contribution in [3.63, 3.8) is 0 Å². The molecule has 2 amide bonds. The molecule has 2 aromatic carbocycles. The van der Waals surface area contributed by atoms with Crippen LogP contribution in [-0.2, 0) is 26.2 Å². The van der Waals surface area contributed by atoms with Gasteiger partial charge in [-0.05, 0) is 69.7 Å². The number of anilines is 1. The second kappa shape index (κ2) is 11.2. The van der Waals surface area contributed by atoms with Gasteiger partial charge in [0.1, 0.15) is 12.6 Å². The molecule has 34 heavy (non-hydrogen) atoms. The predicted molar refractivity (Wildman–Crippen MR) is 138 cm³/mol. The molecule has 1 atom stereocenters. The van der Waals surface area contributed by atoms with Crippen LogP contribution in [-0.4, -0.2) is 49.5 Å². The zero-order valence-electron chi connectivity index (χ0n) is 19.6. The van der Waals surface area contributed by atoms with Crippen LogP contribution in [0.2, 0.25) is 15.1 Å². The van der Waals surface area contributed by atoms with Crippen molar-refractivity contribution in [3.05, 3.63) is 63.1 Å². The van der Waals surface area contributed by atoms with Crippen molar-refractivity contribution >= 4 is 62.3 Å². The van der Waals surface area contributed by atoms with Crippen molar-refractivity contribution in [1.82, 2.24) is 10.2 Å². The second-order valence-electron chi connectivity index (χ2n) is 8.93. The Balaban J connectivity index is 2.42. The zero-order valence-corrected chi connectivity index (χ0v) is 22.7. The fourth-order valence-electron chi connectivity index (χ4n) is 3.11. The van der Waals surface area contributed by atoms with Crippen molar-refractivity contribution in [2.75, 3.05) is 17.1 Å². The van der Waals surface area contributed by atoms with Gasteiger partial charge in [-0.15, -0.1) is 0 Å². The number of rotatable bonds is 8. The maximum Gasteiger partial charge on any atom is 0.244 e. The summed E-state index contributed by atoms with van der Waals surface area (Å²) in [4.78, 5) is 27.7. The van der Waals surface area contributed by atoms with E-state index < -0.39 is 34.1 Å². The summed E-state index contributed by atoms with van der Waals surface area (Å²) in [6.45, 7) is 6.59. The zero-order chi connectivity index (χ0) is 25.8. The summed E-state index contributed by atoms with van der Waals surface area (Å²) in [5.74, 6) is -0.943. The molecular formula is C23H28Cl3N3O4S. The molecule has 2 rings (SSSR count). The lowest BCUT2D eigenvalue weighted by molar-refractivity contribution is -0.140. The molecule has 7 nitrogen and oxygen atoms in total. The number of halogens is 3. The van der Waals surface area contributed by atoms with Crippen molar-refractivity contribution in [2.45, 2.75) is 45.8 Å². The first kappa shape index (κ1) is 28.2. The highest BCUT2D eigenvalue weighted by Gasteiger charge is 2.31. The maximum atomic E-state index is 13.5. The van der Waals surface area contributed by atoms with Gasteiger partial charge < -0.3 is 10.2 Å². The van der Waals surface area contributed by atoms with Gasteiger partial charge in [-0.3, -0.25) is 13.9 Å². The van der Waals surface area contributed by atoms with Gasteiger partial charge in [0.05, 0.1) is 22.0 Å². The highest BCUT2D eigenvalue weighted by Crippen LogP contribution is 2.25. The van der Waals surface area contributed by atoms with Gasteiger partial charge in [-0.2, -0.15) is 0 Å². The number of carbonyl (C=O) groups is 2. The summed E-state index contributed by atoms with van der Waals surface area (Å²) in [5, 5.41) is 3.94.